The van der Waals surface area contributed by atoms with Crippen molar-refractivity contribution in [1.82, 2.24) is 19.5 Å². The number of aromatic nitrogens is 3. The lowest BCUT2D eigenvalue weighted by Crippen LogP contribution is -2.64. The third kappa shape index (κ3) is 5.32. The van der Waals surface area contributed by atoms with Gasteiger partial charge in [-0.2, -0.15) is 5.10 Å². The van der Waals surface area contributed by atoms with E-state index < -0.39 is 17.7 Å². The predicted molar refractivity (Wildman–Crippen MR) is 139 cm³/mol. The molecule has 1 aliphatic heterocycles. The number of carbonyl (C=O) groups excluding carboxylic acids is 2. The number of nitrogens with zero attached hydrogens (tertiary/aromatic N) is 5. The Morgan fingerprint density at radius 1 is 1.17 bits per heavy atom. The monoisotopic (exact) mass is 609 g/mol. The first-order chi connectivity index (χ1) is 16.8. The van der Waals surface area contributed by atoms with E-state index in [0.717, 1.165) is 14.8 Å². The average Bonchev–Trinajstić information content (AvgIpc) is 3.12. The van der Waals surface area contributed by atoms with E-state index in [1.807, 2.05) is 30.3 Å². The van der Waals surface area contributed by atoms with Gasteiger partial charge in [-0.1, -0.05) is 12.1 Å². The maximum absolute atomic E-state index is 13.2. The van der Waals surface area contributed by atoms with Crippen molar-refractivity contribution in [3.63, 3.8) is 0 Å². The van der Waals surface area contributed by atoms with Gasteiger partial charge in [0.1, 0.15) is 17.4 Å². The number of anilines is 2. The Balaban J connectivity index is 0.000000840. The topological polar surface area (TPSA) is 183 Å². The van der Waals surface area contributed by atoms with Gasteiger partial charge in [0.25, 0.3) is 5.91 Å². The SMILES string of the molecule is CC(=O)N1CCN(c2cccc(-c3cc(I)c4c(NC(=O)O)ncnn34)c2)C(=O)C1(C)C.NC(=O)O. The van der Waals surface area contributed by atoms with Gasteiger partial charge in [-0.3, -0.25) is 14.9 Å². The smallest absolute Gasteiger partial charge is 0.410 e. The summed E-state index contributed by atoms with van der Waals surface area (Å²) in [4.78, 5) is 52.4. The van der Waals surface area contributed by atoms with E-state index in [1.54, 1.807) is 28.2 Å². The molecule has 0 atom stereocenters. The lowest BCUT2D eigenvalue weighted by Gasteiger charge is -2.45. The first-order valence-corrected chi connectivity index (χ1v) is 11.6. The molecule has 190 valence electrons. The standard InChI is InChI=1S/C21H21IN6O4.CH3NO2/c1-12(29)27-8-7-26(19(30)21(27,2)3)14-6-4-5-13(9-14)16-10-15(22)17-18(25-20(31)32)23-11-24-28(16)17;2-1(3)4/h4-6,9-11H,7-8H2,1-3H3,(H,31,32)(H,23,24,25);2H2,(H,3,4). The summed E-state index contributed by atoms with van der Waals surface area (Å²) in [7, 11) is 0. The van der Waals surface area contributed by atoms with Crippen LogP contribution in [-0.4, -0.2) is 72.3 Å². The van der Waals surface area contributed by atoms with Crippen LogP contribution in [0.15, 0.2) is 36.7 Å². The number of carbonyl (C=O) groups is 4. The fourth-order valence-corrected chi connectivity index (χ4v) is 4.84. The number of nitrogens with two attached hydrogens (primary N) is 1. The van der Waals surface area contributed by atoms with Gasteiger partial charge in [-0.05, 0) is 54.6 Å². The molecule has 0 aliphatic carbocycles. The summed E-state index contributed by atoms with van der Waals surface area (Å²) in [6.45, 7) is 5.82. The molecule has 14 heteroatoms. The molecule has 1 fully saturated rings. The summed E-state index contributed by atoms with van der Waals surface area (Å²) in [5, 5.41) is 22.9. The Morgan fingerprint density at radius 2 is 1.83 bits per heavy atom. The second-order valence-corrected chi connectivity index (χ2v) is 9.41. The quantitative estimate of drug-likeness (QED) is 0.327. The van der Waals surface area contributed by atoms with E-state index in [4.69, 9.17) is 15.0 Å². The van der Waals surface area contributed by atoms with E-state index in [9.17, 15) is 14.4 Å². The zero-order chi connectivity index (χ0) is 26.8. The van der Waals surface area contributed by atoms with Crippen molar-refractivity contribution in [1.29, 1.82) is 0 Å². The predicted octanol–water partition coefficient (Wildman–Crippen LogP) is 2.69. The maximum Gasteiger partial charge on any atom is 0.410 e. The molecule has 0 unspecified atom stereocenters. The average molecular weight is 609 g/mol. The van der Waals surface area contributed by atoms with Gasteiger partial charge in [-0.15, -0.1) is 0 Å². The van der Waals surface area contributed by atoms with Gasteiger partial charge in [0.15, 0.2) is 5.82 Å². The highest BCUT2D eigenvalue weighted by Crippen LogP contribution is 2.33. The Bertz CT molecular complexity index is 1350. The van der Waals surface area contributed by atoms with Gasteiger partial charge in [0.05, 0.1) is 5.69 Å². The molecule has 2 aromatic heterocycles. The van der Waals surface area contributed by atoms with Crippen LogP contribution in [0.1, 0.15) is 20.8 Å². The molecule has 4 rings (SSSR count). The van der Waals surface area contributed by atoms with Crippen molar-refractivity contribution in [2.45, 2.75) is 26.3 Å². The maximum atomic E-state index is 13.2. The Hall–Kier alpha value is -3.95. The summed E-state index contributed by atoms with van der Waals surface area (Å²) in [5.74, 6) is -0.0889. The van der Waals surface area contributed by atoms with Crippen LogP contribution in [0.5, 0.6) is 0 Å². The molecule has 0 saturated carbocycles. The van der Waals surface area contributed by atoms with Gasteiger partial charge in [0.2, 0.25) is 5.91 Å². The van der Waals surface area contributed by atoms with Crippen molar-refractivity contribution in [2.24, 2.45) is 5.73 Å². The van der Waals surface area contributed by atoms with Crippen molar-refractivity contribution >= 4 is 63.6 Å². The van der Waals surface area contributed by atoms with Crippen LogP contribution in [0, 0.1) is 3.57 Å². The Labute approximate surface area is 219 Å². The van der Waals surface area contributed by atoms with E-state index in [-0.39, 0.29) is 17.6 Å². The van der Waals surface area contributed by atoms with Gasteiger partial charge in [0, 0.05) is 34.8 Å². The number of benzene rings is 1. The van der Waals surface area contributed by atoms with Crippen molar-refractivity contribution in [2.75, 3.05) is 23.3 Å². The molecule has 1 saturated heterocycles. The number of nitrogens with one attached hydrogen (secondary N) is 1. The summed E-state index contributed by atoms with van der Waals surface area (Å²) in [6, 6.07) is 9.38. The van der Waals surface area contributed by atoms with E-state index in [2.05, 4.69) is 43.7 Å². The number of rotatable bonds is 3. The van der Waals surface area contributed by atoms with Crippen LogP contribution in [0.3, 0.4) is 0 Å². The molecule has 4 amide bonds. The number of primary amides is 1. The van der Waals surface area contributed by atoms with Crippen LogP contribution < -0.4 is 16.0 Å². The summed E-state index contributed by atoms with van der Waals surface area (Å²) in [6.07, 6.45) is -1.26. The fraction of sp³-hybridized carbons (Fsp3) is 0.273. The molecule has 1 aliphatic rings. The van der Waals surface area contributed by atoms with Crippen LogP contribution in [-0.2, 0) is 9.59 Å². The molecule has 0 bridgehead atoms. The molecule has 0 radical (unpaired) electrons. The number of piperazine rings is 1. The van der Waals surface area contributed by atoms with Crippen LogP contribution in [0.2, 0.25) is 0 Å². The van der Waals surface area contributed by atoms with Crippen LogP contribution >= 0.6 is 22.6 Å². The second-order valence-electron chi connectivity index (χ2n) is 8.25. The highest BCUT2D eigenvalue weighted by Gasteiger charge is 2.43. The highest BCUT2D eigenvalue weighted by molar-refractivity contribution is 14.1. The van der Waals surface area contributed by atoms with Crippen LogP contribution in [0.25, 0.3) is 16.8 Å². The minimum Gasteiger partial charge on any atom is -0.465 e. The third-order valence-electron chi connectivity index (χ3n) is 5.56. The van der Waals surface area contributed by atoms with Gasteiger partial charge in [-0.25, -0.2) is 19.1 Å². The minimum atomic E-state index is -1.33. The molecule has 36 heavy (non-hydrogen) atoms. The zero-order valence-corrected chi connectivity index (χ0v) is 21.8. The summed E-state index contributed by atoms with van der Waals surface area (Å²) >= 11 is 2.11. The third-order valence-corrected chi connectivity index (χ3v) is 6.38. The van der Waals surface area contributed by atoms with E-state index >= 15 is 0 Å². The number of hydrogen-bond acceptors (Lipinski definition) is 6. The van der Waals surface area contributed by atoms with Crippen molar-refractivity contribution in [3.8, 4) is 11.3 Å². The molecule has 5 N–H and O–H groups in total. The van der Waals surface area contributed by atoms with Crippen molar-refractivity contribution < 1.29 is 29.4 Å². The normalized spacial score (nSPS) is 14.7. The largest absolute Gasteiger partial charge is 0.465 e. The second kappa shape index (κ2) is 10.3. The number of amides is 4. The molecular formula is C22H24IN7O6. The first-order valence-electron chi connectivity index (χ1n) is 10.6. The zero-order valence-electron chi connectivity index (χ0n) is 19.6. The molecule has 3 heterocycles. The number of fused-ring (bicyclic) bond motifs is 1. The first kappa shape index (κ1) is 26.7. The van der Waals surface area contributed by atoms with Crippen LogP contribution in [0.4, 0.5) is 21.1 Å². The Kier molecular flexibility index (Phi) is 7.66. The lowest BCUT2D eigenvalue weighted by atomic mass is 9.96. The van der Waals surface area contributed by atoms with Gasteiger partial charge < -0.3 is 25.7 Å². The lowest BCUT2D eigenvalue weighted by molar-refractivity contribution is -0.145. The fourth-order valence-electron chi connectivity index (χ4n) is 4.06. The minimum absolute atomic E-state index is 0.128. The summed E-state index contributed by atoms with van der Waals surface area (Å²) in [5.41, 5.74) is 5.88. The highest BCUT2D eigenvalue weighted by atomic mass is 127. The van der Waals surface area contributed by atoms with Gasteiger partial charge >= 0.3 is 12.2 Å². The van der Waals surface area contributed by atoms with E-state index in [1.165, 1.54) is 13.3 Å². The van der Waals surface area contributed by atoms with Crippen molar-refractivity contribution in [3.05, 3.63) is 40.2 Å². The number of hydrogen-bond donors (Lipinski definition) is 4. The Morgan fingerprint density at radius 3 is 2.44 bits per heavy atom. The number of halogens is 1. The molecule has 13 nitrogen and oxygen atoms in total. The summed E-state index contributed by atoms with van der Waals surface area (Å²) < 4.78 is 2.40. The number of carboxylic acid groups (broad SMARTS) is 2. The van der Waals surface area contributed by atoms with E-state index in [0.29, 0.717) is 24.3 Å². The molecular weight excluding hydrogens is 585 g/mol. The molecule has 0 spiro atoms. The molecule has 1 aromatic carbocycles. The molecule has 3 aromatic rings.